The van der Waals surface area contributed by atoms with Gasteiger partial charge >= 0.3 is 0 Å². The molecule has 1 aliphatic heterocycles. The fraction of sp³-hybridized carbons (Fsp3) is 0.688. The first-order chi connectivity index (χ1) is 10.8. The van der Waals surface area contributed by atoms with Gasteiger partial charge in [0, 0.05) is 19.0 Å². The lowest BCUT2D eigenvalue weighted by Crippen LogP contribution is -2.29. The summed E-state index contributed by atoms with van der Waals surface area (Å²) in [5.41, 5.74) is 0.845. The molecule has 22 heavy (non-hydrogen) atoms. The van der Waals surface area contributed by atoms with Crippen LogP contribution < -0.4 is 5.32 Å². The molecule has 6 nitrogen and oxygen atoms in total. The van der Waals surface area contributed by atoms with Crippen LogP contribution in [0.2, 0.25) is 0 Å². The average molecular weight is 300 g/mol. The van der Waals surface area contributed by atoms with Gasteiger partial charge in [-0.15, -0.1) is 15.3 Å². The standard InChI is InChI=1S/C16H24N6/c1-12(11-21-8-2-3-9-21)10-17-14-6-7-15-18-19-16(13-4-5-13)22(15)20-14/h6-7,12-13H,2-5,8-11H2,1H3,(H,17,20)/t12-/m0/s1. The molecule has 0 aromatic carbocycles. The molecule has 0 bridgehead atoms. The molecule has 1 saturated heterocycles. The highest BCUT2D eigenvalue weighted by Crippen LogP contribution is 2.38. The van der Waals surface area contributed by atoms with Crippen molar-refractivity contribution in [3.05, 3.63) is 18.0 Å². The molecule has 2 aromatic rings. The molecule has 1 atom stereocenters. The van der Waals surface area contributed by atoms with Gasteiger partial charge in [-0.25, -0.2) is 0 Å². The van der Waals surface area contributed by atoms with E-state index < -0.39 is 0 Å². The molecule has 0 spiro atoms. The van der Waals surface area contributed by atoms with Crippen molar-refractivity contribution < 1.29 is 0 Å². The smallest absolute Gasteiger partial charge is 0.178 e. The second-order valence-electron chi connectivity index (χ2n) is 6.81. The van der Waals surface area contributed by atoms with Crippen molar-refractivity contribution in [2.24, 2.45) is 5.92 Å². The first-order valence-corrected chi connectivity index (χ1v) is 8.48. The summed E-state index contributed by atoms with van der Waals surface area (Å²) in [5, 5.41) is 16.6. The zero-order valence-corrected chi connectivity index (χ0v) is 13.2. The van der Waals surface area contributed by atoms with E-state index in [1.54, 1.807) is 0 Å². The second-order valence-corrected chi connectivity index (χ2v) is 6.81. The number of anilines is 1. The minimum Gasteiger partial charge on any atom is -0.368 e. The Labute approximate surface area is 130 Å². The summed E-state index contributed by atoms with van der Waals surface area (Å²) in [6.07, 6.45) is 5.14. The van der Waals surface area contributed by atoms with Crippen LogP contribution >= 0.6 is 0 Å². The van der Waals surface area contributed by atoms with E-state index in [-0.39, 0.29) is 0 Å². The Bertz CT molecular complexity index is 641. The molecule has 0 unspecified atom stereocenters. The van der Waals surface area contributed by atoms with E-state index in [2.05, 4.69) is 32.4 Å². The fourth-order valence-corrected chi connectivity index (χ4v) is 3.25. The van der Waals surface area contributed by atoms with Gasteiger partial charge in [0.15, 0.2) is 11.5 Å². The maximum atomic E-state index is 4.67. The van der Waals surface area contributed by atoms with E-state index >= 15 is 0 Å². The Morgan fingerprint density at radius 2 is 2.05 bits per heavy atom. The van der Waals surface area contributed by atoms with E-state index in [0.717, 1.165) is 23.8 Å². The number of hydrogen-bond acceptors (Lipinski definition) is 5. The van der Waals surface area contributed by atoms with Crippen molar-refractivity contribution in [1.29, 1.82) is 0 Å². The van der Waals surface area contributed by atoms with E-state index in [0.29, 0.717) is 11.8 Å². The van der Waals surface area contributed by atoms with Gasteiger partial charge in [0.05, 0.1) is 0 Å². The van der Waals surface area contributed by atoms with Crippen LogP contribution in [0.15, 0.2) is 12.1 Å². The maximum absolute atomic E-state index is 4.67. The number of hydrogen-bond donors (Lipinski definition) is 1. The second kappa shape index (κ2) is 5.83. The zero-order valence-electron chi connectivity index (χ0n) is 13.2. The predicted molar refractivity (Wildman–Crippen MR) is 86.1 cm³/mol. The van der Waals surface area contributed by atoms with E-state index in [1.165, 1.54) is 45.3 Å². The largest absolute Gasteiger partial charge is 0.368 e. The number of nitrogens with zero attached hydrogens (tertiary/aromatic N) is 5. The van der Waals surface area contributed by atoms with E-state index in [1.807, 2.05) is 16.6 Å². The van der Waals surface area contributed by atoms with Gasteiger partial charge < -0.3 is 10.2 Å². The third-order valence-electron chi connectivity index (χ3n) is 4.63. The molecule has 1 N–H and O–H groups in total. The van der Waals surface area contributed by atoms with Crippen molar-refractivity contribution in [3.63, 3.8) is 0 Å². The zero-order chi connectivity index (χ0) is 14.9. The maximum Gasteiger partial charge on any atom is 0.178 e. The summed E-state index contributed by atoms with van der Waals surface area (Å²) >= 11 is 0. The van der Waals surface area contributed by atoms with Crippen LogP contribution in [0, 0.1) is 5.92 Å². The van der Waals surface area contributed by atoms with Crippen molar-refractivity contribution >= 4 is 11.5 Å². The molecule has 0 amide bonds. The normalized spacial score (nSPS) is 20.6. The monoisotopic (exact) mass is 300 g/mol. The summed E-state index contributed by atoms with van der Waals surface area (Å²) in [6.45, 7) is 6.96. The molecule has 1 aliphatic carbocycles. The number of nitrogens with one attached hydrogen (secondary N) is 1. The van der Waals surface area contributed by atoms with Crippen molar-refractivity contribution in [2.45, 2.75) is 38.5 Å². The highest BCUT2D eigenvalue weighted by Gasteiger charge is 2.29. The summed E-state index contributed by atoms with van der Waals surface area (Å²) in [5.74, 6) is 3.12. The third kappa shape index (κ3) is 2.92. The lowest BCUT2D eigenvalue weighted by molar-refractivity contribution is 0.294. The molecular weight excluding hydrogens is 276 g/mol. The SMILES string of the molecule is C[C@@H](CNc1ccc2nnc(C3CC3)n2n1)CN1CCCC1. The van der Waals surface area contributed by atoms with Crippen molar-refractivity contribution in [3.8, 4) is 0 Å². The molecular formula is C16H24N6. The summed E-state index contributed by atoms with van der Waals surface area (Å²) in [4.78, 5) is 2.56. The first-order valence-electron chi connectivity index (χ1n) is 8.48. The van der Waals surface area contributed by atoms with Gasteiger partial charge in [0.2, 0.25) is 0 Å². The van der Waals surface area contributed by atoms with Crippen LogP contribution in [0.5, 0.6) is 0 Å². The van der Waals surface area contributed by atoms with Gasteiger partial charge in [0.25, 0.3) is 0 Å². The van der Waals surface area contributed by atoms with Crippen molar-refractivity contribution in [1.82, 2.24) is 24.7 Å². The Kier molecular flexibility index (Phi) is 3.70. The Hall–Kier alpha value is -1.69. The molecule has 6 heteroatoms. The van der Waals surface area contributed by atoms with Crippen LogP contribution in [0.1, 0.15) is 44.3 Å². The van der Waals surface area contributed by atoms with Gasteiger partial charge in [0.1, 0.15) is 5.82 Å². The molecule has 4 rings (SSSR count). The highest BCUT2D eigenvalue weighted by molar-refractivity contribution is 5.44. The van der Waals surface area contributed by atoms with Crippen LogP contribution in [0.4, 0.5) is 5.82 Å². The molecule has 1 saturated carbocycles. The van der Waals surface area contributed by atoms with Crippen LogP contribution in [-0.2, 0) is 0 Å². The summed E-state index contributed by atoms with van der Waals surface area (Å²) < 4.78 is 1.91. The third-order valence-corrected chi connectivity index (χ3v) is 4.63. The summed E-state index contributed by atoms with van der Waals surface area (Å²) in [6, 6.07) is 4.00. The minimum atomic E-state index is 0.562. The quantitative estimate of drug-likeness (QED) is 0.886. The lowest BCUT2D eigenvalue weighted by Gasteiger charge is -2.20. The summed E-state index contributed by atoms with van der Waals surface area (Å²) in [7, 11) is 0. The van der Waals surface area contributed by atoms with Gasteiger partial charge in [-0.2, -0.15) is 4.52 Å². The highest BCUT2D eigenvalue weighted by atomic mass is 15.4. The molecule has 3 heterocycles. The van der Waals surface area contributed by atoms with Crippen LogP contribution in [0.25, 0.3) is 5.65 Å². The molecule has 2 fully saturated rings. The number of rotatable bonds is 6. The van der Waals surface area contributed by atoms with Gasteiger partial charge in [-0.05, 0) is 56.8 Å². The minimum absolute atomic E-state index is 0.562. The topological polar surface area (TPSA) is 58.4 Å². The average Bonchev–Trinajstić information content (AvgIpc) is 3.08. The Morgan fingerprint density at radius 3 is 2.82 bits per heavy atom. The van der Waals surface area contributed by atoms with E-state index in [4.69, 9.17) is 0 Å². The molecule has 0 radical (unpaired) electrons. The number of fused-ring (bicyclic) bond motifs is 1. The van der Waals surface area contributed by atoms with Gasteiger partial charge in [-0.3, -0.25) is 0 Å². The number of likely N-dealkylation sites (tertiary alicyclic amines) is 1. The van der Waals surface area contributed by atoms with Crippen LogP contribution in [-0.4, -0.2) is 50.9 Å². The molecule has 2 aliphatic rings. The first kappa shape index (κ1) is 13.9. The fourth-order valence-electron chi connectivity index (χ4n) is 3.25. The molecule has 2 aromatic heterocycles. The molecule has 118 valence electrons. The van der Waals surface area contributed by atoms with Crippen LogP contribution in [0.3, 0.4) is 0 Å². The van der Waals surface area contributed by atoms with E-state index in [9.17, 15) is 0 Å². The Balaban J connectivity index is 1.39. The Morgan fingerprint density at radius 1 is 1.23 bits per heavy atom. The predicted octanol–water partition coefficient (Wildman–Crippen LogP) is 2.15. The number of aromatic nitrogens is 4. The van der Waals surface area contributed by atoms with Crippen molar-refractivity contribution in [2.75, 3.05) is 31.5 Å². The lowest BCUT2D eigenvalue weighted by atomic mass is 10.1. The van der Waals surface area contributed by atoms with Gasteiger partial charge in [-0.1, -0.05) is 6.92 Å².